The van der Waals surface area contributed by atoms with Crippen molar-refractivity contribution in [2.24, 2.45) is 17.8 Å². The van der Waals surface area contributed by atoms with Gasteiger partial charge in [-0.1, -0.05) is 30.3 Å². The Hall–Kier alpha value is -4.44. The molecule has 16 heteroatoms. The molecule has 3 N–H and O–H groups in total. The highest BCUT2D eigenvalue weighted by molar-refractivity contribution is 7.89. The number of benzene rings is 2. The predicted octanol–water partition coefficient (Wildman–Crippen LogP) is 6.53. The molecule has 2 aliphatic heterocycles. The lowest BCUT2D eigenvalue weighted by Crippen LogP contribution is -2.49. The lowest BCUT2D eigenvalue weighted by Gasteiger charge is -2.34. The summed E-state index contributed by atoms with van der Waals surface area (Å²) in [5, 5.41) is 7.26. The first kappa shape index (κ1) is 49.2. The van der Waals surface area contributed by atoms with Crippen LogP contribution in [-0.4, -0.2) is 111 Å². The number of amides is 4. The van der Waals surface area contributed by atoms with E-state index in [1.165, 1.54) is 12.1 Å². The topological polar surface area (TPSA) is 190 Å². The molecule has 2 fully saturated rings. The van der Waals surface area contributed by atoms with E-state index in [4.69, 9.17) is 14.2 Å². The Morgan fingerprint density at radius 2 is 1.28 bits per heavy atom. The van der Waals surface area contributed by atoms with E-state index in [9.17, 15) is 32.4 Å². The number of fused-ring (bicyclic) bond motifs is 1. The Balaban J connectivity index is 1.33. The van der Waals surface area contributed by atoms with Crippen LogP contribution in [0.15, 0.2) is 47.4 Å². The summed E-state index contributed by atoms with van der Waals surface area (Å²) in [4.78, 5) is 68.7. The SMILES string of the molecule is CCOC(=O)C(CNC(=O)CC(C)NC(=O)C(CCC1CCN(C(=O)OC(C)(C)C)CC1)CCC1CCN(C(=O)OC(C)(C)C)CC1)NS(=O)(=O)c1ccc2ccccc2c1. The van der Waals surface area contributed by atoms with E-state index in [0.29, 0.717) is 56.2 Å². The van der Waals surface area contributed by atoms with Gasteiger partial charge in [-0.05, 0) is 141 Å². The van der Waals surface area contributed by atoms with Crippen LogP contribution < -0.4 is 15.4 Å². The maximum absolute atomic E-state index is 13.9. The number of ether oxygens (including phenoxy) is 3. The summed E-state index contributed by atoms with van der Waals surface area (Å²) in [6, 6.07) is 10.0. The molecular formula is C45H69N5O10S. The summed E-state index contributed by atoms with van der Waals surface area (Å²) in [5.41, 5.74) is -1.13. The normalized spacial score (nSPS) is 16.8. The number of hydrogen-bond acceptors (Lipinski definition) is 10. The van der Waals surface area contributed by atoms with Crippen molar-refractivity contribution < 1.29 is 46.6 Å². The number of sulfonamides is 1. The second-order valence-electron chi connectivity index (χ2n) is 18.5. The second-order valence-corrected chi connectivity index (χ2v) is 20.2. The molecule has 340 valence electrons. The van der Waals surface area contributed by atoms with Crippen molar-refractivity contribution in [2.75, 3.05) is 39.3 Å². The number of likely N-dealkylation sites (tertiary alicyclic amines) is 2. The van der Waals surface area contributed by atoms with Crippen molar-refractivity contribution in [3.63, 3.8) is 0 Å². The average molecular weight is 872 g/mol. The number of carbonyl (C=O) groups is 5. The van der Waals surface area contributed by atoms with E-state index in [0.717, 1.165) is 43.9 Å². The van der Waals surface area contributed by atoms with E-state index < -0.39 is 45.2 Å². The summed E-state index contributed by atoms with van der Waals surface area (Å²) in [6.45, 7) is 16.5. The molecule has 2 heterocycles. The highest BCUT2D eigenvalue weighted by atomic mass is 32.2. The van der Waals surface area contributed by atoms with Crippen molar-refractivity contribution in [2.45, 2.75) is 141 Å². The van der Waals surface area contributed by atoms with Gasteiger partial charge in [0.15, 0.2) is 0 Å². The quantitative estimate of drug-likeness (QED) is 0.116. The van der Waals surface area contributed by atoms with Gasteiger partial charge >= 0.3 is 18.2 Å². The Labute approximate surface area is 362 Å². The number of nitrogens with zero attached hydrogens (tertiary/aromatic N) is 2. The van der Waals surface area contributed by atoms with Crippen LogP contribution >= 0.6 is 0 Å². The Morgan fingerprint density at radius 1 is 0.770 bits per heavy atom. The fourth-order valence-electron chi connectivity index (χ4n) is 7.73. The Bertz CT molecular complexity index is 1860. The van der Waals surface area contributed by atoms with Gasteiger partial charge in [-0.3, -0.25) is 14.4 Å². The highest BCUT2D eigenvalue weighted by Gasteiger charge is 2.32. The molecule has 2 aliphatic rings. The fraction of sp³-hybridized carbons (Fsp3) is 0.667. The predicted molar refractivity (Wildman–Crippen MR) is 233 cm³/mol. The van der Waals surface area contributed by atoms with E-state index in [2.05, 4.69) is 15.4 Å². The molecule has 2 aromatic carbocycles. The van der Waals surface area contributed by atoms with E-state index in [1.807, 2.05) is 53.7 Å². The number of piperidine rings is 2. The van der Waals surface area contributed by atoms with Crippen molar-refractivity contribution in [1.82, 2.24) is 25.2 Å². The first-order valence-corrected chi connectivity index (χ1v) is 23.3. The monoisotopic (exact) mass is 871 g/mol. The van der Waals surface area contributed by atoms with Gasteiger partial charge in [0.2, 0.25) is 21.8 Å². The van der Waals surface area contributed by atoms with Gasteiger partial charge in [-0.2, -0.15) is 4.72 Å². The molecule has 4 rings (SSSR count). The van der Waals surface area contributed by atoms with E-state index >= 15 is 0 Å². The van der Waals surface area contributed by atoms with Crippen molar-refractivity contribution in [3.8, 4) is 0 Å². The zero-order valence-electron chi connectivity index (χ0n) is 37.4. The third-order valence-electron chi connectivity index (χ3n) is 11.0. The summed E-state index contributed by atoms with van der Waals surface area (Å²) < 4.78 is 45.4. The minimum atomic E-state index is -4.17. The third kappa shape index (κ3) is 16.4. The smallest absolute Gasteiger partial charge is 0.410 e. The van der Waals surface area contributed by atoms with E-state index in [1.54, 1.807) is 41.8 Å². The summed E-state index contributed by atoms with van der Waals surface area (Å²) in [5.74, 6) is -1.07. The molecule has 0 spiro atoms. The molecule has 2 atom stereocenters. The van der Waals surface area contributed by atoms with Crippen LogP contribution in [0.4, 0.5) is 9.59 Å². The van der Waals surface area contributed by atoms with Crippen molar-refractivity contribution in [1.29, 1.82) is 0 Å². The van der Waals surface area contributed by atoms with Crippen LogP contribution in [0.3, 0.4) is 0 Å². The number of esters is 1. The molecular weight excluding hydrogens is 803 g/mol. The summed E-state index contributed by atoms with van der Waals surface area (Å²) in [7, 11) is -4.17. The number of rotatable bonds is 17. The molecule has 0 bridgehead atoms. The highest BCUT2D eigenvalue weighted by Crippen LogP contribution is 2.30. The van der Waals surface area contributed by atoms with Crippen LogP contribution in [0.25, 0.3) is 10.8 Å². The number of nitrogens with one attached hydrogen (secondary N) is 3. The van der Waals surface area contributed by atoms with E-state index in [-0.39, 0.29) is 48.5 Å². The Kier molecular flexibility index (Phi) is 17.8. The number of hydrogen-bond donors (Lipinski definition) is 3. The van der Waals surface area contributed by atoms with Gasteiger partial charge in [0.1, 0.15) is 17.2 Å². The van der Waals surface area contributed by atoms with Gasteiger partial charge in [0, 0.05) is 51.1 Å². The Morgan fingerprint density at radius 3 is 1.77 bits per heavy atom. The minimum absolute atomic E-state index is 0.0156. The maximum atomic E-state index is 13.9. The van der Waals surface area contributed by atoms with Gasteiger partial charge < -0.3 is 34.6 Å². The molecule has 15 nitrogen and oxygen atoms in total. The molecule has 0 saturated carbocycles. The summed E-state index contributed by atoms with van der Waals surface area (Å²) >= 11 is 0. The largest absolute Gasteiger partial charge is 0.465 e. The van der Waals surface area contributed by atoms with Crippen molar-refractivity contribution in [3.05, 3.63) is 42.5 Å². The molecule has 2 saturated heterocycles. The van der Waals surface area contributed by atoms with Crippen LogP contribution in [0, 0.1) is 17.8 Å². The summed E-state index contributed by atoms with van der Waals surface area (Å²) in [6.07, 6.45) is 5.49. The fourth-order valence-corrected chi connectivity index (χ4v) is 8.94. The van der Waals surface area contributed by atoms with Crippen LogP contribution in [0.1, 0.15) is 113 Å². The molecule has 4 amide bonds. The van der Waals surface area contributed by atoms with Crippen LogP contribution in [-0.2, 0) is 38.6 Å². The van der Waals surface area contributed by atoms with Gasteiger partial charge in [-0.25, -0.2) is 18.0 Å². The molecule has 0 aliphatic carbocycles. The van der Waals surface area contributed by atoms with Crippen LogP contribution in [0.5, 0.6) is 0 Å². The van der Waals surface area contributed by atoms with Gasteiger partial charge in [0.25, 0.3) is 0 Å². The minimum Gasteiger partial charge on any atom is -0.465 e. The standard InChI is InChI=1S/C45H69N5O10S/c1-9-58-41(53)38(48-61(56,57)37-19-18-34-12-10-11-13-36(34)29-37)30-46-39(51)28-31(2)47-40(52)35(16-14-32-20-24-49(25-21-32)42(54)59-44(3,4)5)17-15-33-22-26-50(27-23-33)43(55)60-45(6,7)8/h10-13,18-19,29,31-33,35,38,48H,9,14-17,20-28,30H2,1-8H3,(H,46,51)(H,47,52). The molecule has 0 radical (unpaired) electrons. The molecule has 2 unspecified atom stereocenters. The molecule has 0 aromatic heterocycles. The zero-order valence-corrected chi connectivity index (χ0v) is 38.2. The maximum Gasteiger partial charge on any atom is 0.410 e. The second kappa shape index (κ2) is 22.1. The van der Waals surface area contributed by atoms with Gasteiger partial charge in [0.05, 0.1) is 11.5 Å². The first-order valence-electron chi connectivity index (χ1n) is 21.8. The lowest BCUT2D eigenvalue weighted by molar-refractivity contribution is -0.145. The lowest BCUT2D eigenvalue weighted by atomic mass is 9.84. The first-order chi connectivity index (χ1) is 28.6. The third-order valence-corrected chi connectivity index (χ3v) is 12.5. The molecule has 61 heavy (non-hydrogen) atoms. The zero-order chi connectivity index (χ0) is 45.0. The van der Waals surface area contributed by atoms with Crippen LogP contribution in [0.2, 0.25) is 0 Å². The molecule has 2 aromatic rings. The average Bonchev–Trinajstić information content (AvgIpc) is 3.18. The van der Waals surface area contributed by atoms with Crippen molar-refractivity contribution >= 4 is 50.8 Å². The number of carbonyl (C=O) groups excluding carboxylic acids is 5. The van der Waals surface area contributed by atoms with Gasteiger partial charge in [-0.15, -0.1) is 0 Å².